The topological polar surface area (TPSA) is 20.2 Å². The van der Waals surface area contributed by atoms with Gasteiger partial charge in [0.2, 0.25) is 0 Å². The van der Waals surface area contributed by atoms with Gasteiger partial charge in [-0.3, -0.25) is 0 Å². The van der Waals surface area contributed by atoms with Gasteiger partial charge in [-0.2, -0.15) is 0 Å². The zero-order chi connectivity index (χ0) is 11.3. The zero-order valence-electron chi connectivity index (χ0n) is 9.54. The summed E-state index contributed by atoms with van der Waals surface area (Å²) >= 11 is 0. The van der Waals surface area contributed by atoms with E-state index >= 15 is 0 Å². The van der Waals surface area contributed by atoms with Gasteiger partial charge in [-0.05, 0) is 52.5 Å². The monoisotopic (exact) mass is 210 g/mol. The number of allylic oxidation sites excluding steroid dienone is 2. The van der Waals surface area contributed by atoms with E-state index < -0.39 is 0 Å². The molecule has 16 heavy (non-hydrogen) atoms. The highest BCUT2D eigenvalue weighted by Gasteiger charge is 2.19. The SMILES string of the molecule is CC1=C(C)c2ccc(CO)c3cccc1c23. The Morgan fingerprint density at radius 1 is 0.938 bits per heavy atom. The molecule has 0 aromatic heterocycles. The average molecular weight is 210 g/mol. The molecule has 0 amide bonds. The first-order valence-electron chi connectivity index (χ1n) is 5.57. The van der Waals surface area contributed by atoms with Crippen molar-refractivity contribution in [1.29, 1.82) is 0 Å². The maximum atomic E-state index is 9.36. The van der Waals surface area contributed by atoms with Gasteiger partial charge in [0, 0.05) is 0 Å². The molecule has 0 fully saturated rings. The van der Waals surface area contributed by atoms with E-state index in [-0.39, 0.29) is 6.61 Å². The van der Waals surface area contributed by atoms with Crippen LogP contribution in [-0.2, 0) is 6.61 Å². The summed E-state index contributed by atoms with van der Waals surface area (Å²) < 4.78 is 0. The number of hydrogen-bond acceptors (Lipinski definition) is 1. The predicted octanol–water partition coefficient (Wildman–Crippen LogP) is 3.60. The lowest BCUT2D eigenvalue weighted by Crippen LogP contribution is -1.88. The normalized spacial score (nSPS) is 13.9. The van der Waals surface area contributed by atoms with Crippen LogP contribution in [0.3, 0.4) is 0 Å². The number of aliphatic hydroxyl groups excluding tert-OH is 1. The van der Waals surface area contributed by atoms with E-state index in [4.69, 9.17) is 0 Å². The Kier molecular flexibility index (Phi) is 1.92. The standard InChI is InChI=1S/C15H14O/c1-9-10(2)13-7-6-11(8-16)14-5-3-4-12(9)15(13)14/h3-7,16H,8H2,1-2H3. The molecule has 0 heterocycles. The summed E-state index contributed by atoms with van der Waals surface area (Å²) in [5.41, 5.74) is 6.37. The zero-order valence-corrected chi connectivity index (χ0v) is 9.54. The van der Waals surface area contributed by atoms with Crippen LogP contribution in [0.25, 0.3) is 21.9 Å². The van der Waals surface area contributed by atoms with Gasteiger partial charge in [-0.25, -0.2) is 0 Å². The molecule has 1 aliphatic carbocycles. The van der Waals surface area contributed by atoms with Crippen LogP contribution in [0, 0.1) is 0 Å². The highest BCUT2D eigenvalue weighted by Crippen LogP contribution is 2.42. The van der Waals surface area contributed by atoms with Crippen molar-refractivity contribution in [3.63, 3.8) is 0 Å². The van der Waals surface area contributed by atoms with E-state index in [1.807, 2.05) is 6.07 Å². The molecule has 0 bridgehead atoms. The van der Waals surface area contributed by atoms with Crippen LogP contribution < -0.4 is 0 Å². The molecule has 3 rings (SSSR count). The average Bonchev–Trinajstić information content (AvgIpc) is 2.57. The number of rotatable bonds is 1. The van der Waals surface area contributed by atoms with Crippen molar-refractivity contribution in [1.82, 2.24) is 0 Å². The summed E-state index contributed by atoms with van der Waals surface area (Å²) in [6, 6.07) is 10.5. The summed E-state index contributed by atoms with van der Waals surface area (Å²) in [6.07, 6.45) is 0. The van der Waals surface area contributed by atoms with Gasteiger partial charge in [-0.15, -0.1) is 0 Å². The lowest BCUT2D eigenvalue weighted by Gasteiger charge is -2.07. The molecular formula is C15H14O. The summed E-state index contributed by atoms with van der Waals surface area (Å²) in [5, 5.41) is 11.9. The summed E-state index contributed by atoms with van der Waals surface area (Å²) in [6.45, 7) is 4.45. The van der Waals surface area contributed by atoms with Crippen LogP contribution in [-0.4, -0.2) is 5.11 Å². The molecule has 0 atom stereocenters. The van der Waals surface area contributed by atoms with E-state index in [9.17, 15) is 5.11 Å². The summed E-state index contributed by atoms with van der Waals surface area (Å²) in [5.74, 6) is 0. The first-order chi connectivity index (χ1) is 7.74. The lowest BCUT2D eigenvalue weighted by atomic mass is 9.98. The Balaban J connectivity index is 2.51. The van der Waals surface area contributed by atoms with Crippen molar-refractivity contribution in [2.24, 2.45) is 0 Å². The van der Waals surface area contributed by atoms with Gasteiger partial charge in [0.15, 0.2) is 0 Å². The Morgan fingerprint density at radius 3 is 2.31 bits per heavy atom. The minimum absolute atomic E-state index is 0.109. The Labute approximate surface area is 95.0 Å². The van der Waals surface area contributed by atoms with Crippen molar-refractivity contribution in [2.75, 3.05) is 0 Å². The largest absolute Gasteiger partial charge is 0.392 e. The smallest absolute Gasteiger partial charge is 0.0687 e. The van der Waals surface area contributed by atoms with Crippen LogP contribution in [0.4, 0.5) is 0 Å². The molecule has 0 radical (unpaired) electrons. The third-order valence-electron chi connectivity index (χ3n) is 3.67. The predicted molar refractivity (Wildman–Crippen MR) is 68.0 cm³/mol. The van der Waals surface area contributed by atoms with Crippen LogP contribution in [0.1, 0.15) is 30.5 Å². The lowest BCUT2D eigenvalue weighted by molar-refractivity contribution is 0.283. The van der Waals surface area contributed by atoms with Crippen LogP contribution in [0.2, 0.25) is 0 Å². The summed E-state index contributed by atoms with van der Waals surface area (Å²) in [4.78, 5) is 0. The molecule has 1 heteroatoms. The fourth-order valence-corrected chi connectivity index (χ4v) is 2.63. The fourth-order valence-electron chi connectivity index (χ4n) is 2.63. The summed E-state index contributed by atoms with van der Waals surface area (Å²) in [7, 11) is 0. The first kappa shape index (κ1) is 9.61. The van der Waals surface area contributed by atoms with Gasteiger partial charge in [0.1, 0.15) is 0 Å². The first-order valence-corrected chi connectivity index (χ1v) is 5.57. The molecular weight excluding hydrogens is 196 g/mol. The third kappa shape index (κ3) is 1.04. The molecule has 1 N–H and O–H groups in total. The van der Waals surface area contributed by atoms with Gasteiger partial charge in [-0.1, -0.05) is 30.3 Å². The van der Waals surface area contributed by atoms with E-state index in [1.54, 1.807) is 0 Å². The molecule has 2 aromatic carbocycles. The van der Waals surface area contributed by atoms with E-state index in [0.29, 0.717) is 0 Å². The van der Waals surface area contributed by atoms with Crippen molar-refractivity contribution < 1.29 is 5.11 Å². The molecule has 2 aromatic rings. The molecule has 1 nitrogen and oxygen atoms in total. The van der Waals surface area contributed by atoms with Crippen LogP contribution >= 0.6 is 0 Å². The van der Waals surface area contributed by atoms with E-state index in [0.717, 1.165) is 5.56 Å². The van der Waals surface area contributed by atoms with E-state index in [1.165, 1.54) is 33.0 Å². The van der Waals surface area contributed by atoms with Gasteiger partial charge in [0.25, 0.3) is 0 Å². The van der Waals surface area contributed by atoms with E-state index in [2.05, 4.69) is 38.1 Å². The second-order valence-electron chi connectivity index (χ2n) is 4.41. The maximum Gasteiger partial charge on any atom is 0.0687 e. The van der Waals surface area contributed by atoms with Gasteiger partial charge < -0.3 is 5.11 Å². The number of benzene rings is 2. The van der Waals surface area contributed by atoms with Crippen molar-refractivity contribution in [2.45, 2.75) is 20.5 Å². The van der Waals surface area contributed by atoms with Crippen molar-refractivity contribution in [3.05, 3.63) is 47.0 Å². The second kappa shape index (κ2) is 3.19. The Morgan fingerprint density at radius 2 is 1.62 bits per heavy atom. The van der Waals surface area contributed by atoms with Crippen molar-refractivity contribution >= 4 is 21.9 Å². The second-order valence-corrected chi connectivity index (χ2v) is 4.41. The van der Waals surface area contributed by atoms with Gasteiger partial charge in [0.05, 0.1) is 6.61 Å². The molecule has 1 aliphatic rings. The highest BCUT2D eigenvalue weighted by atomic mass is 16.3. The quantitative estimate of drug-likeness (QED) is 0.762. The minimum Gasteiger partial charge on any atom is -0.392 e. The minimum atomic E-state index is 0.109. The van der Waals surface area contributed by atoms with Crippen LogP contribution in [0.15, 0.2) is 30.3 Å². The van der Waals surface area contributed by atoms with Crippen molar-refractivity contribution in [3.8, 4) is 0 Å². The Bertz CT molecular complexity index is 602. The van der Waals surface area contributed by atoms with Crippen LogP contribution in [0.5, 0.6) is 0 Å². The number of hydrogen-bond donors (Lipinski definition) is 1. The molecule has 0 saturated carbocycles. The molecule has 80 valence electrons. The Hall–Kier alpha value is -1.60. The molecule has 0 unspecified atom stereocenters. The molecule has 0 spiro atoms. The van der Waals surface area contributed by atoms with Gasteiger partial charge >= 0.3 is 0 Å². The third-order valence-corrected chi connectivity index (χ3v) is 3.67. The highest BCUT2D eigenvalue weighted by molar-refractivity contribution is 6.13. The fraction of sp³-hybridized carbons (Fsp3) is 0.200. The molecule has 0 saturated heterocycles. The number of aliphatic hydroxyl groups is 1. The maximum absolute atomic E-state index is 9.36. The molecule has 0 aliphatic heterocycles.